The molecule has 2 aromatic rings. The van der Waals surface area contributed by atoms with Crippen LogP contribution >= 0.6 is 0 Å². The van der Waals surface area contributed by atoms with Crippen LogP contribution in [0.5, 0.6) is 23.0 Å². The highest BCUT2D eigenvalue weighted by atomic mass is 16.8. The predicted octanol–water partition coefficient (Wildman–Crippen LogP) is -1.44. The van der Waals surface area contributed by atoms with Gasteiger partial charge >= 0.3 is 17.9 Å². The average Bonchev–Trinajstić information content (AvgIpc) is 3.38. The number of aliphatic hydroxyl groups is 5. The molecular weight excluding hydrogens is 696 g/mol. The Labute approximate surface area is 295 Å². The Bertz CT molecular complexity index is 1730. The standard InChI is InChI=1S/C34H38O18/c1-13(36)47-10-19-24(38)27(41)28(42)33(49-19)52-34(12-35)30-26(40)20(51-34)11-48-31(43)17-8-15-9-18(45-2)25(39)29(46-3)22(15)21(23(17)32(44)50-30)14-4-6-16(37)7-5-14/h4-9,19-21,23-24,26-28,30,33,35,37-42H,10-12H2,1-3H3. The van der Waals surface area contributed by atoms with E-state index in [9.17, 15) is 50.1 Å². The normalized spacial score (nSPS) is 34.2. The van der Waals surface area contributed by atoms with E-state index in [1.807, 2.05) is 0 Å². The summed E-state index contributed by atoms with van der Waals surface area (Å²) >= 11 is 0. The molecular formula is C34H38O18. The number of aliphatic hydroxyl groups excluding tert-OH is 5. The van der Waals surface area contributed by atoms with Crippen LogP contribution in [0.25, 0.3) is 6.08 Å². The molecule has 2 bridgehead atoms. The van der Waals surface area contributed by atoms with Gasteiger partial charge in [0.05, 0.1) is 19.8 Å². The van der Waals surface area contributed by atoms with Gasteiger partial charge in [0.2, 0.25) is 11.5 Å². The number of carbonyl (C=O) groups excluding carboxylic acids is 3. The van der Waals surface area contributed by atoms with Gasteiger partial charge in [-0.25, -0.2) is 4.79 Å². The smallest absolute Gasteiger partial charge is 0.335 e. The average molecular weight is 735 g/mol. The van der Waals surface area contributed by atoms with Crippen molar-refractivity contribution in [3.63, 3.8) is 0 Å². The Morgan fingerprint density at radius 3 is 2.31 bits per heavy atom. The maximum Gasteiger partial charge on any atom is 0.335 e. The molecule has 18 nitrogen and oxygen atoms in total. The van der Waals surface area contributed by atoms with E-state index in [1.54, 1.807) is 0 Å². The van der Waals surface area contributed by atoms with Crippen molar-refractivity contribution in [3.05, 3.63) is 52.6 Å². The minimum Gasteiger partial charge on any atom is -0.508 e. The summed E-state index contributed by atoms with van der Waals surface area (Å²) in [5, 5.41) is 75.0. The fraction of sp³-hybridized carbons (Fsp3) is 0.500. The van der Waals surface area contributed by atoms with Crippen LogP contribution in [0.3, 0.4) is 0 Å². The lowest BCUT2D eigenvalue weighted by atomic mass is 9.70. The third-order valence-corrected chi connectivity index (χ3v) is 9.50. The van der Waals surface area contributed by atoms with Crippen molar-refractivity contribution in [2.75, 3.05) is 34.0 Å². The number of phenolic OH excluding ortho intramolecular Hbond substituents is 2. The van der Waals surface area contributed by atoms with E-state index >= 15 is 0 Å². The molecule has 11 atom stereocenters. The van der Waals surface area contributed by atoms with E-state index in [0.717, 1.165) is 6.92 Å². The van der Waals surface area contributed by atoms with Gasteiger partial charge in [0.25, 0.3) is 0 Å². The van der Waals surface area contributed by atoms with Crippen molar-refractivity contribution < 1.29 is 88.0 Å². The van der Waals surface area contributed by atoms with Gasteiger partial charge in [-0.3, -0.25) is 9.59 Å². The van der Waals surface area contributed by atoms with Crippen LogP contribution in [0.15, 0.2) is 35.9 Å². The van der Waals surface area contributed by atoms with E-state index in [0.29, 0.717) is 11.1 Å². The van der Waals surface area contributed by atoms with Crippen LogP contribution in [-0.4, -0.2) is 142 Å². The maximum atomic E-state index is 14.5. The number of phenols is 2. The molecule has 7 N–H and O–H groups in total. The number of aromatic hydroxyl groups is 2. The first-order valence-corrected chi connectivity index (χ1v) is 16.1. The third kappa shape index (κ3) is 6.41. The number of benzene rings is 2. The molecule has 2 aromatic carbocycles. The zero-order chi connectivity index (χ0) is 37.6. The largest absolute Gasteiger partial charge is 0.508 e. The molecule has 11 unspecified atom stereocenters. The Morgan fingerprint density at radius 2 is 1.67 bits per heavy atom. The highest BCUT2D eigenvalue weighted by Crippen LogP contribution is 2.53. The number of ether oxygens (including phenoxy) is 8. The van der Waals surface area contributed by atoms with Crippen molar-refractivity contribution >= 4 is 24.0 Å². The number of rotatable bonds is 8. The second kappa shape index (κ2) is 14.5. The summed E-state index contributed by atoms with van der Waals surface area (Å²) in [7, 11) is 2.58. The Hall–Kier alpha value is -4.53. The number of carbonyl (C=O) groups is 3. The van der Waals surface area contributed by atoms with Crippen LogP contribution in [0, 0.1) is 5.92 Å². The summed E-state index contributed by atoms with van der Waals surface area (Å²) in [5.74, 6) is -8.88. The Kier molecular flexibility index (Phi) is 10.4. The summed E-state index contributed by atoms with van der Waals surface area (Å²) < 4.78 is 44.5. The molecule has 6 rings (SSSR count). The fourth-order valence-electron chi connectivity index (χ4n) is 6.94. The summed E-state index contributed by atoms with van der Waals surface area (Å²) in [6.45, 7) is -1.30. The first-order valence-electron chi connectivity index (χ1n) is 16.1. The van der Waals surface area contributed by atoms with Crippen LogP contribution in [0.2, 0.25) is 0 Å². The fourth-order valence-corrected chi connectivity index (χ4v) is 6.94. The van der Waals surface area contributed by atoms with Crippen molar-refractivity contribution in [2.24, 2.45) is 5.92 Å². The molecule has 282 valence electrons. The third-order valence-electron chi connectivity index (χ3n) is 9.50. The van der Waals surface area contributed by atoms with Crippen LogP contribution in [0.4, 0.5) is 0 Å². The van der Waals surface area contributed by atoms with Gasteiger partial charge in [-0.05, 0) is 35.4 Å². The van der Waals surface area contributed by atoms with E-state index in [1.165, 1.54) is 50.6 Å². The SMILES string of the molecule is COc1cc2c(c(OC)c1O)C(c1ccc(O)cc1)C1C(=O)OC3C(O)C(COC(=O)C1=C2)OC3(CO)OC1OC(COC(C)=O)C(O)C(O)C1O. The zero-order valence-corrected chi connectivity index (χ0v) is 28.0. The second-order valence-corrected chi connectivity index (χ2v) is 12.6. The molecule has 0 amide bonds. The first-order chi connectivity index (χ1) is 24.7. The topological polar surface area (TPSA) is 267 Å². The van der Waals surface area contributed by atoms with E-state index in [2.05, 4.69) is 0 Å². The highest BCUT2D eigenvalue weighted by Gasteiger charge is 2.62. The van der Waals surface area contributed by atoms with Crippen LogP contribution in [0.1, 0.15) is 29.5 Å². The Balaban J connectivity index is 1.43. The van der Waals surface area contributed by atoms with E-state index < -0.39 is 110 Å². The van der Waals surface area contributed by atoms with Gasteiger partial charge < -0.3 is 73.6 Å². The van der Waals surface area contributed by atoms with Crippen molar-refractivity contribution in [3.8, 4) is 23.0 Å². The van der Waals surface area contributed by atoms with Crippen LogP contribution in [-0.2, 0) is 42.8 Å². The minimum atomic E-state index is -2.54. The van der Waals surface area contributed by atoms with Gasteiger partial charge in [-0.15, -0.1) is 0 Å². The van der Waals surface area contributed by atoms with Gasteiger partial charge in [0.15, 0.2) is 23.9 Å². The molecule has 1 aliphatic carbocycles. The summed E-state index contributed by atoms with van der Waals surface area (Å²) in [5.41, 5.74) is 0.652. The molecule has 3 heterocycles. The maximum absolute atomic E-state index is 14.5. The molecule has 0 radical (unpaired) electrons. The summed E-state index contributed by atoms with van der Waals surface area (Å²) in [6.07, 6.45) is -12.9. The number of cyclic esters (lactones) is 1. The molecule has 0 spiro atoms. The molecule has 4 aliphatic rings. The summed E-state index contributed by atoms with van der Waals surface area (Å²) in [6, 6.07) is 7.06. The van der Waals surface area contributed by atoms with Gasteiger partial charge in [-0.2, -0.15) is 0 Å². The van der Waals surface area contributed by atoms with E-state index in [4.69, 9.17) is 37.9 Å². The molecule has 0 aromatic heterocycles. The molecule has 52 heavy (non-hydrogen) atoms. The molecule has 3 aliphatic heterocycles. The lowest BCUT2D eigenvalue weighted by Crippen LogP contribution is -2.63. The van der Waals surface area contributed by atoms with Gasteiger partial charge in [-0.1, -0.05) is 12.1 Å². The van der Waals surface area contributed by atoms with E-state index in [-0.39, 0.29) is 28.4 Å². The minimum absolute atomic E-state index is 0.00883. The monoisotopic (exact) mass is 734 g/mol. The predicted molar refractivity (Wildman–Crippen MR) is 169 cm³/mol. The molecule has 0 saturated carbocycles. The zero-order valence-electron chi connectivity index (χ0n) is 28.0. The van der Waals surface area contributed by atoms with Crippen molar-refractivity contribution in [2.45, 2.75) is 67.6 Å². The highest BCUT2D eigenvalue weighted by molar-refractivity contribution is 6.02. The lowest BCUT2D eigenvalue weighted by Gasteiger charge is -2.44. The summed E-state index contributed by atoms with van der Waals surface area (Å²) in [4.78, 5) is 39.7. The lowest BCUT2D eigenvalue weighted by molar-refractivity contribution is -0.383. The number of hydrogen-bond acceptors (Lipinski definition) is 18. The quantitative estimate of drug-likeness (QED) is 0.121. The van der Waals surface area contributed by atoms with Crippen molar-refractivity contribution in [1.82, 2.24) is 0 Å². The number of esters is 3. The molecule has 18 heteroatoms. The number of methoxy groups -OCH3 is 2. The molecule has 3 fully saturated rings. The van der Waals surface area contributed by atoms with Crippen LogP contribution < -0.4 is 9.47 Å². The Morgan fingerprint density at radius 1 is 0.962 bits per heavy atom. The van der Waals surface area contributed by atoms with Gasteiger partial charge in [0, 0.05) is 18.4 Å². The number of fused-ring (bicyclic) bond motifs is 4. The molecule has 3 saturated heterocycles. The second-order valence-electron chi connectivity index (χ2n) is 12.6. The first kappa shape index (κ1) is 37.2. The van der Waals surface area contributed by atoms with Crippen molar-refractivity contribution in [1.29, 1.82) is 0 Å². The van der Waals surface area contributed by atoms with Gasteiger partial charge in [0.1, 0.15) is 68.1 Å². The number of hydrogen-bond donors (Lipinski definition) is 7.